The van der Waals surface area contributed by atoms with Crippen molar-refractivity contribution in [3.8, 4) is 22.7 Å². The molecule has 0 fully saturated rings. The molecule has 0 N–H and O–H groups in total. The van der Waals surface area contributed by atoms with E-state index < -0.39 is 0 Å². The molecule has 3 aromatic carbocycles. The van der Waals surface area contributed by atoms with Crippen LogP contribution in [0.5, 0.6) is 5.75 Å². The predicted molar refractivity (Wildman–Crippen MR) is 149 cm³/mol. The van der Waals surface area contributed by atoms with Crippen LogP contribution in [0, 0.1) is 6.92 Å². The Labute approximate surface area is 217 Å². The Hall–Kier alpha value is -4.45. The highest BCUT2D eigenvalue weighted by Gasteiger charge is 2.29. The minimum atomic E-state index is -0.154. The lowest BCUT2D eigenvalue weighted by Crippen LogP contribution is -2.21. The minimum absolute atomic E-state index is 0.154. The van der Waals surface area contributed by atoms with E-state index in [2.05, 4.69) is 18.9 Å². The molecule has 0 saturated heterocycles. The number of hydrazone groups is 1. The van der Waals surface area contributed by atoms with Crippen LogP contribution in [0.1, 0.15) is 37.8 Å². The van der Waals surface area contributed by atoms with Crippen molar-refractivity contribution in [2.45, 2.75) is 33.6 Å². The number of nitrogens with zero attached hydrogens (tertiary/aromatic N) is 4. The summed E-state index contributed by atoms with van der Waals surface area (Å²) in [7, 11) is 0. The summed E-state index contributed by atoms with van der Waals surface area (Å²) >= 11 is 0. The second-order valence-electron chi connectivity index (χ2n) is 9.09. The Bertz CT molecular complexity index is 1470. The van der Waals surface area contributed by atoms with Gasteiger partial charge < -0.3 is 4.74 Å². The van der Waals surface area contributed by atoms with Crippen molar-refractivity contribution < 1.29 is 9.53 Å². The number of hydrogen-bond donors (Lipinski definition) is 0. The highest BCUT2D eigenvalue weighted by Crippen LogP contribution is 2.32. The number of carbonyl (C=O) groups excluding carboxylic acids is 1. The zero-order chi connectivity index (χ0) is 25.8. The number of aromatic nitrogens is 2. The molecule has 0 unspecified atom stereocenters. The van der Waals surface area contributed by atoms with E-state index in [0.29, 0.717) is 17.9 Å². The van der Waals surface area contributed by atoms with Crippen molar-refractivity contribution in [3.05, 3.63) is 102 Å². The summed E-state index contributed by atoms with van der Waals surface area (Å²) in [5, 5.41) is 10.9. The molecule has 1 aliphatic heterocycles. The zero-order valence-electron chi connectivity index (χ0n) is 21.4. The number of hydrogen-bond acceptors (Lipinski definition) is 4. The van der Waals surface area contributed by atoms with Crippen LogP contribution in [0.4, 0.5) is 5.69 Å². The Morgan fingerprint density at radius 2 is 1.62 bits per heavy atom. The van der Waals surface area contributed by atoms with Crippen LogP contribution in [0.25, 0.3) is 23.0 Å². The van der Waals surface area contributed by atoms with Gasteiger partial charge in [0.15, 0.2) is 0 Å². The fourth-order valence-electron chi connectivity index (χ4n) is 4.33. The van der Waals surface area contributed by atoms with Crippen LogP contribution in [0.15, 0.2) is 95.7 Å². The lowest BCUT2D eigenvalue weighted by molar-refractivity contribution is -0.114. The number of para-hydroxylation sites is 2. The smallest absolute Gasteiger partial charge is 0.280 e. The molecule has 0 bridgehead atoms. The molecular weight excluding hydrogens is 460 g/mol. The van der Waals surface area contributed by atoms with Crippen molar-refractivity contribution in [3.63, 3.8) is 0 Å². The molecule has 5 rings (SSSR count). The molecule has 1 aromatic heterocycles. The summed E-state index contributed by atoms with van der Waals surface area (Å²) in [4.78, 5) is 13.4. The third-order valence-corrected chi connectivity index (χ3v) is 6.35. The first-order valence-corrected chi connectivity index (χ1v) is 12.6. The molecule has 0 radical (unpaired) electrons. The zero-order valence-corrected chi connectivity index (χ0v) is 21.4. The van der Waals surface area contributed by atoms with Crippen LogP contribution < -0.4 is 9.75 Å². The quantitative estimate of drug-likeness (QED) is 0.201. The van der Waals surface area contributed by atoms with Gasteiger partial charge in [-0.1, -0.05) is 49.7 Å². The first kappa shape index (κ1) is 24.3. The fourth-order valence-corrected chi connectivity index (χ4v) is 4.33. The number of amides is 1. The highest BCUT2D eigenvalue weighted by molar-refractivity contribution is 6.32. The topological polar surface area (TPSA) is 59.7 Å². The molecule has 0 spiro atoms. The number of carbonyl (C=O) groups is 1. The van der Waals surface area contributed by atoms with Gasteiger partial charge in [0.05, 0.1) is 29.3 Å². The summed E-state index contributed by atoms with van der Waals surface area (Å²) in [5.41, 5.74) is 6.60. The number of aryl methyl sites for hydroxylation is 1. The van der Waals surface area contributed by atoms with Crippen LogP contribution in [-0.4, -0.2) is 28.0 Å². The van der Waals surface area contributed by atoms with Crippen LogP contribution >= 0.6 is 0 Å². The van der Waals surface area contributed by atoms with E-state index in [0.717, 1.165) is 52.4 Å². The van der Waals surface area contributed by atoms with Crippen LogP contribution in [0.2, 0.25) is 0 Å². The van der Waals surface area contributed by atoms with Gasteiger partial charge in [0.25, 0.3) is 5.91 Å². The Morgan fingerprint density at radius 3 is 2.30 bits per heavy atom. The molecule has 0 atom stereocenters. The Balaban J connectivity index is 1.56. The maximum Gasteiger partial charge on any atom is 0.280 e. The van der Waals surface area contributed by atoms with E-state index in [1.807, 2.05) is 103 Å². The number of benzene rings is 3. The average molecular weight is 491 g/mol. The molecule has 6 nitrogen and oxygen atoms in total. The highest BCUT2D eigenvalue weighted by atomic mass is 16.5. The molecule has 4 aromatic rings. The Morgan fingerprint density at radius 1 is 0.919 bits per heavy atom. The maximum absolute atomic E-state index is 13.4. The standard InChI is InChI=1S/C31H30N4O2/c1-4-5-18-37-27-16-17-28(22(2)19-27)30-24(21-34(33-30)25-12-8-6-9-13-25)20-29-23(3)32-35(31(29)36)26-14-10-7-11-15-26/h6-17,19-21H,4-5,18H2,1-3H3/b29-20-. The van der Waals surface area contributed by atoms with Crippen molar-refractivity contribution >= 4 is 23.4 Å². The van der Waals surface area contributed by atoms with Crippen molar-refractivity contribution in [1.29, 1.82) is 0 Å². The molecular formula is C31H30N4O2. The van der Waals surface area contributed by atoms with Crippen LogP contribution in [0.3, 0.4) is 0 Å². The molecule has 6 heteroatoms. The van der Waals surface area contributed by atoms with Gasteiger partial charge in [-0.2, -0.15) is 15.2 Å². The van der Waals surface area contributed by atoms with Gasteiger partial charge in [0.1, 0.15) is 11.4 Å². The van der Waals surface area contributed by atoms with Crippen molar-refractivity contribution in [1.82, 2.24) is 9.78 Å². The molecule has 0 saturated carbocycles. The third kappa shape index (κ3) is 5.09. The number of ether oxygens (including phenoxy) is 1. The van der Waals surface area contributed by atoms with E-state index in [-0.39, 0.29) is 5.91 Å². The SMILES string of the molecule is CCCCOc1ccc(-c2nn(-c3ccccc3)cc2/C=C2\C(=O)N(c3ccccc3)N=C2C)c(C)c1. The molecule has 0 aliphatic carbocycles. The molecule has 37 heavy (non-hydrogen) atoms. The van der Waals surface area contributed by atoms with Crippen molar-refractivity contribution in [2.24, 2.45) is 5.10 Å². The number of unbranched alkanes of at least 4 members (excludes halogenated alkanes) is 1. The van der Waals surface area contributed by atoms with E-state index in [9.17, 15) is 4.79 Å². The average Bonchev–Trinajstić information content (AvgIpc) is 3.46. The largest absolute Gasteiger partial charge is 0.494 e. The van der Waals surface area contributed by atoms with Gasteiger partial charge in [0, 0.05) is 17.3 Å². The third-order valence-electron chi connectivity index (χ3n) is 6.35. The molecule has 2 heterocycles. The van der Waals surface area contributed by atoms with Gasteiger partial charge in [-0.25, -0.2) is 4.68 Å². The Kier molecular flexibility index (Phi) is 6.99. The van der Waals surface area contributed by atoms with Gasteiger partial charge in [0.2, 0.25) is 0 Å². The molecule has 1 amide bonds. The lowest BCUT2D eigenvalue weighted by atomic mass is 10.0. The molecule has 1 aliphatic rings. The van der Waals surface area contributed by atoms with Gasteiger partial charge in [-0.05, 0) is 74.4 Å². The first-order valence-electron chi connectivity index (χ1n) is 12.6. The van der Waals surface area contributed by atoms with E-state index in [4.69, 9.17) is 9.84 Å². The lowest BCUT2D eigenvalue weighted by Gasteiger charge is -2.11. The van der Waals surface area contributed by atoms with Gasteiger partial charge in [-0.3, -0.25) is 4.79 Å². The maximum atomic E-state index is 13.4. The molecule has 186 valence electrons. The summed E-state index contributed by atoms with van der Waals surface area (Å²) < 4.78 is 7.76. The van der Waals surface area contributed by atoms with E-state index >= 15 is 0 Å². The normalized spacial score (nSPS) is 14.4. The van der Waals surface area contributed by atoms with E-state index in [1.54, 1.807) is 0 Å². The fraction of sp³-hybridized carbons (Fsp3) is 0.194. The summed E-state index contributed by atoms with van der Waals surface area (Å²) in [6.07, 6.45) is 5.98. The predicted octanol–water partition coefficient (Wildman–Crippen LogP) is 6.83. The van der Waals surface area contributed by atoms with Crippen LogP contribution in [-0.2, 0) is 4.79 Å². The second-order valence-corrected chi connectivity index (χ2v) is 9.09. The van der Waals surface area contributed by atoms with E-state index in [1.165, 1.54) is 5.01 Å². The monoisotopic (exact) mass is 490 g/mol. The minimum Gasteiger partial charge on any atom is -0.494 e. The van der Waals surface area contributed by atoms with Crippen molar-refractivity contribution in [2.75, 3.05) is 11.6 Å². The number of rotatable bonds is 8. The summed E-state index contributed by atoms with van der Waals surface area (Å²) in [5.74, 6) is 0.697. The summed E-state index contributed by atoms with van der Waals surface area (Å²) in [6, 6.07) is 25.5. The second kappa shape index (κ2) is 10.7. The summed E-state index contributed by atoms with van der Waals surface area (Å²) in [6.45, 7) is 6.78. The number of anilines is 1. The first-order chi connectivity index (χ1) is 18.0. The van der Waals surface area contributed by atoms with Gasteiger partial charge >= 0.3 is 0 Å². The van der Waals surface area contributed by atoms with Gasteiger partial charge in [-0.15, -0.1) is 0 Å².